The van der Waals surface area contributed by atoms with Crippen molar-refractivity contribution in [3.8, 4) is 5.75 Å². The van der Waals surface area contributed by atoms with Crippen LogP contribution in [0.1, 0.15) is 10.4 Å². The molecule has 0 bridgehead atoms. The first-order chi connectivity index (χ1) is 7.77. The number of hydrazine groups is 1. The molecule has 2 N–H and O–H groups in total. The number of amides is 1. The molecule has 1 amide bonds. The van der Waals surface area contributed by atoms with E-state index in [1.165, 1.54) is 6.07 Å². The molecule has 4 heteroatoms. The van der Waals surface area contributed by atoms with Gasteiger partial charge in [-0.05, 0) is 18.2 Å². The van der Waals surface area contributed by atoms with Gasteiger partial charge in [0, 0.05) is 6.20 Å². The number of phenolic OH excluding ortho intramolecular Hbond substituents is 1. The molecule has 0 radical (unpaired) electrons. The summed E-state index contributed by atoms with van der Waals surface area (Å²) in [5.74, 6) is -0.338. The SMILES string of the molecule is O=C(NN1C=CC=CC1)c1ccccc1O. The van der Waals surface area contributed by atoms with Gasteiger partial charge in [0.05, 0.1) is 12.1 Å². The van der Waals surface area contributed by atoms with Crippen LogP contribution in [-0.4, -0.2) is 22.6 Å². The molecule has 0 atom stereocenters. The van der Waals surface area contributed by atoms with Gasteiger partial charge < -0.3 is 5.11 Å². The zero-order chi connectivity index (χ0) is 11.4. The van der Waals surface area contributed by atoms with Crippen LogP contribution in [0.25, 0.3) is 0 Å². The molecule has 1 aromatic carbocycles. The Hall–Kier alpha value is -2.23. The van der Waals surface area contributed by atoms with Crippen molar-refractivity contribution in [2.45, 2.75) is 0 Å². The van der Waals surface area contributed by atoms with Crippen LogP contribution in [0.3, 0.4) is 0 Å². The summed E-state index contributed by atoms with van der Waals surface area (Å²) in [7, 11) is 0. The first-order valence-corrected chi connectivity index (χ1v) is 4.96. The lowest BCUT2D eigenvalue weighted by atomic mass is 10.2. The zero-order valence-corrected chi connectivity index (χ0v) is 8.63. The van der Waals surface area contributed by atoms with Crippen LogP contribution in [0.15, 0.2) is 48.7 Å². The van der Waals surface area contributed by atoms with E-state index in [9.17, 15) is 9.90 Å². The third kappa shape index (κ3) is 2.23. The normalized spacial score (nSPS) is 13.9. The molecule has 4 nitrogen and oxygen atoms in total. The molecular weight excluding hydrogens is 204 g/mol. The Labute approximate surface area is 93.5 Å². The van der Waals surface area contributed by atoms with Crippen molar-refractivity contribution in [2.24, 2.45) is 0 Å². The summed E-state index contributed by atoms with van der Waals surface area (Å²) in [5.41, 5.74) is 2.94. The van der Waals surface area contributed by atoms with Crippen molar-refractivity contribution in [3.63, 3.8) is 0 Å². The van der Waals surface area contributed by atoms with E-state index in [0.717, 1.165) is 0 Å². The van der Waals surface area contributed by atoms with Gasteiger partial charge >= 0.3 is 0 Å². The molecule has 1 heterocycles. The third-order valence-electron chi connectivity index (χ3n) is 2.21. The number of para-hydroxylation sites is 1. The maximum atomic E-state index is 11.8. The average Bonchev–Trinajstić information content (AvgIpc) is 2.31. The second-order valence-corrected chi connectivity index (χ2v) is 3.38. The highest BCUT2D eigenvalue weighted by Gasteiger charge is 2.11. The Balaban J connectivity index is 2.06. The second-order valence-electron chi connectivity index (χ2n) is 3.38. The van der Waals surface area contributed by atoms with E-state index in [1.54, 1.807) is 29.4 Å². The summed E-state index contributed by atoms with van der Waals surface area (Å²) in [6, 6.07) is 6.45. The van der Waals surface area contributed by atoms with Gasteiger partial charge in [-0.3, -0.25) is 15.2 Å². The van der Waals surface area contributed by atoms with Gasteiger partial charge in [0.15, 0.2) is 0 Å². The lowest BCUT2D eigenvalue weighted by molar-refractivity contribution is 0.0858. The van der Waals surface area contributed by atoms with Crippen molar-refractivity contribution >= 4 is 5.91 Å². The molecule has 0 saturated heterocycles. The predicted molar refractivity (Wildman–Crippen MR) is 60.6 cm³/mol. The summed E-state index contributed by atoms with van der Waals surface area (Å²) < 4.78 is 0. The van der Waals surface area contributed by atoms with Gasteiger partial charge in [0.1, 0.15) is 5.75 Å². The summed E-state index contributed by atoms with van der Waals surface area (Å²) >= 11 is 0. The van der Waals surface area contributed by atoms with Crippen LogP contribution in [0.5, 0.6) is 5.75 Å². The molecule has 82 valence electrons. The van der Waals surface area contributed by atoms with E-state index in [0.29, 0.717) is 6.54 Å². The summed E-state index contributed by atoms with van der Waals surface area (Å²) in [4.78, 5) is 11.8. The number of nitrogens with one attached hydrogen (secondary N) is 1. The highest BCUT2D eigenvalue weighted by molar-refractivity contribution is 5.96. The van der Waals surface area contributed by atoms with E-state index >= 15 is 0 Å². The minimum atomic E-state index is -0.321. The summed E-state index contributed by atoms with van der Waals surface area (Å²) in [5, 5.41) is 11.1. The molecule has 0 spiro atoms. The maximum absolute atomic E-state index is 11.8. The molecule has 0 unspecified atom stereocenters. The molecule has 0 saturated carbocycles. The van der Waals surface area contributed by atoms with Crippen molar-refractivity contribution in [1.82, 2.24) is 10.4 Å². The quantitative estimate of drug-likeness (QED) is 0.786. The fourth-order valence-corrected chi connectivity index (χ4v) is 1.41. The molecule has 16 heavy (non-hydrogen) atoms. The van der Waals surface area contributed by atoms with Crippen molar-refractivity contribution in [2.75, 3.05) is 6.54 Å². The Morgan fingerprint density at radius 2 is 2.12 bits per heavy atom. The minimum absolute atomic E-state index is 0.0171. The second kappa shape index (κ2) is 4.53. The molecule has 0 fully saturated rings. The van der Waals surface area contributed by atoms with Crippen LogP contribution in [0, 0.1) is 0 Å². The maximum Gasteiger partial charge on any atom is 0.273 e. The topological polar surface area (TPSA) is 52.6 Å². The molecule has 1 aliphatic heterocycles. The standard InChI is InChI=1S/C12H12N2O2/c15-11-7-3-2-6-10(11)12(16)13-14-8-4-1-5-9-14/h1-8,15H,9H2,(H,13,16). The van der Waals surface area contributed by atoms with Crippen LogP contribution in [0.4, 0.5) is 0 Å². The van der Waals surface area contributed by atoms with Crippen LogP contribution < -0.4 is 5.43 Å². The molecule has 0 aromatic heterocycles. The lowest BCUT2D eigenvalue weighted by Crippen LogP contribution is -2.39. The Bertz CT molecular complexity index is 452. The van der Waals surface area contributed by atoms with E-state index in [-0.39, 0.29) is 17.2 Å². The molecule has 2 rings (SSSR count). The highest BCUT2D eigenvalue weighted by atomic mass is 16.3. The number of hydrogen-bond donors (Lipinski definition) is 2. The van der Waals surface area contributed by atoms with Crippen LogP contribution in [-0.2, 0) is 0 Å². The van der Waals surface area contributed by atoms with E-state index in [4.69, 9.17) is 0 Å². The Kier molecular flexibility index (Phi) is 2.91. The van der Waals surface area contributed by atoms with Crippen molar-refractivity contribution in [3.05, 3.63) is 54.3 Å². The number of nitrogens with zero attached hydrogens (tertiary/aromatic N) is 1. The van der Waals surface area contributed by atoms with Gasteiger partial charge in [0.25, 0.3) is 5.91 Å². The Morgan fingerprint density at radius 3 is 2.81 bits per heavy atom. The van der Waals surface area contributed by atoms with Crippen molar-refractivity contribution in [1.29, 1.82) is 0 Å². The predicted octanol–water partition coefficient (Wildman–Crippen LogP) is 1.42. The van der Waals surface area contributed by atoms with Crippen LogP contribution in [0.2, 0.25) is 0 Å². The molecule has 1 aliphatic rings. The first kappa shape index (κ1) is 10.3. The zero-order valence-electron chi connectivity index (χ0n) is 8.63. The number of aromatic hydroxyl groups is 1. The van der Waals surface area contributed by atoms with Gasteiger partial charge in [-0.25, -0.2) is 0 Å². The number of rotatable bonds is 2. The van der Waals surface area contributed by atoms with Gasteiger partial charge in [-0.15, -0.1) is 0 Å². The first-order valence-electron chi connectivity index (χ1n) is 4.96. The number of benzene rings is 1. The third-order valence-corrected chi connectivity index (χ3v) is 2.21. The highest BCUT2D eigenvalue weighted by Crippen LogP contribution is 2.15. The lowest BCUT2D eigenvalue weighted by Gasteiger charge is -2.21. The number of carbonyl (C=O) groups is 1. The van der Waals surface area contributed by atoms with Gasteiger partial charge in [-0.1, -0.05) is 24.3 Å². The minimum Gasteiger partial charge on any atom is -0.507 e. The van der Waals surface area contributed by atoms with Crippen LogP contribution >= 0.6 is 0 Å². The Morgan fingerprint density at radius 1 is 1.31 bits per heavy atom. The molecule has 1 aromatic rings. The van der Waals surface area contributed by atoms with E-state index in [2.05, 4.69) is 5.43 Å². The molecule has 0 aliphatic carbocycles. The summed E-state index contributed by atoms with van der Waals surface area (Å²) in [6.45, 7) is 0.621. The fraction of sp³-hybridized carbons (Fsp3) is 0.0833. The number of allylic oxidation sites excluding steroid dienone is 2. The molecular formula is C12H12N2O2. The smallest absolute Gasteiger partial charge is 0.273 e. The fourth-order valence-electron chi connectivity index (χ4n) is 1.41. The van der Waals surface area contributed by atoms with Gasteiger partial charge in [0.2, 0.25) is 0 Å². The summed E-state index contributed by atoms with van der Waals surface area (Å²) in [6.07, 6.45) is 7.42. The number of phenols is 1. The number of carbonyl (C=O) groups excluding carboxylic acids is 1. The van der Waals surface area contributed by atoms with E-state index < -0.39 is 0 Å². The number of hydrogen-bond acceptors (Lipinski definition) is 3. The largest absolute Gasteiger partial charge is 0.507 e. The van der Waals surface area contributed by atoms with Crippen molar-refractivity contribution < 1.29 is 9.90 Å². The average molecular weight is 216 g/mol. The van der Waals surface area contributed by atoms with Gasteiger partial charge in [-0.2, -0.15) is 0 Å². The van der Waals surface area contributed by atoms with E-state index in [1.807, 2.05) is 18.2 Å². The monoisotopic (exact) mass is 216 g/mol.